The molecule has 0 radical (unpaired) electrons. The topological polar surface area (TPSA) is 28.2 Å². The van der Waals surface area contributed by atoms with Gasteiger partial charge in [-0.2, -0.15) is 0 Å². The molecule has 1 aromatic rings. The number of hydrogen-bond acceptors (Lipinski definition) is 3. The summed E-state index contributed by atoms with van der Waals surface area (Å²) in [4.78, 5) is 6.77. The van der Waals surface area contributed by atoms with Crippen LogP contribution in [-0.2, 0) is 0 Å². The third kappa shape index (κ3) is 2.90. The van der Waals surface area contributed by atoms with E-state index < -0.39 is 0 Å². The van der Waals surface area contributed by atoms with E-state index in [-0.39, 0.29) is 0 Å². The lowest BCUT2D eigenvalue weighted by molar-refractivity contribution is 0.309. The maximum atomic E-state index is 4.51. The van der Waals surface area contributed by atoms with Crippen molar-refractivity contribution in [2.75, 3.05) is 23.3 Å². The molecule has 1 aromatic heterocycles. The Morgan fingerprint density at radius 1 is 1.29 bits per heavy atom. The van der Waals surface area contributed by atoms with Crippen LogP contribution in [0.25, 0.3) is 0 Å². The van der Waals surface area contributed by atoms with E-state index in [1.807, 2.05) is 6.20 Å². The molecule has 0 amide bonds. The highest BCUT2D eigenvalue weighted by Crippen LogP contribution is 2.29. The summed E-state index contributed by atoms with van der Waals surface area (Å²) in [6.45, 7) is 8.65. The maximum Gasteiger partial charge on any atom is 0.128 e. The first-order valence-electron chi connectivity index (χ1n) is 6.70. The summed E-state index contributed by atoms with van der Waals surface area (Å²) in [5, 5.41) is 3.53. The zero-order valence-electron chi connectivity index (χ0n) is 11.1. The van der Waals surface area contributed by atoms with Gasteiger partial charge in [0, 0.05) is 19.1 Å². The number of anilines is 2. The molecular formula is C14H23N3. The normalized spacial score (nSPS) is 23.0. The molecule has 94 valence electrons. The Morgan fingerprint density at radius 2 is 2.00 bits per heavy atom. The minimum Gasteiger partial charge on any atom is -0.381 e. The highest BCUT2D eigenvalue weighted by atomic mass is 15.2. The smallest absolute Gasteiger partial charge is 0.128 e. The summed E-state index contributed by atoms with van der Waals surface area (Å²) in [6.07, 6.45) is 4.53. The van der Waals surface area contributed by atoms with Crippen LogP contribution in [0.1, 0.15) is 33.6 Å². The summed E-state index contributed by atoms with van der Waals surface area (Å²) < 4.78 is 0. The first kappa shape index (κ1) is 12.2. The average molecular weight is 233 g/mol. The molecular weight excluding hydrogens is 210 g/mol. The van der Waals surface area contributed by atoms with Gasteiger partial charge in [-0.05, 0) is 44.7 Å². The van der Waals surface area contributed by atoms with Gasteiger partial charge in [-0.1, -0.05) is 6.92 Å². The summed E-state index contributed by atoms with van der Waals surface area (Å²) in [6, 6.07) is 4.91. The fourth-order valence-corrected chi connectivity index (χ4v) is 2.46. The predicted octanol–water partition coefficient (Wildman–Crippen LogP) is 3.14. The Hall–Kier alpha value is -1.25. The van der Waals surface area contributed by atoms with Crippen molar-refractivity contribution in [2.24, 2.45) is 5.92 Å². The van der Waals surface area contributed by atoms with Gasteiger partial charge in [0.2, 0.25) is 0 Å². The van der Waals surface area contributed by atoms with Crippen LogP contribution in [0, 0.1) is 5.92 Å². The molecule has 0 aromatic carbocycles. The molecule has 17 heavy (non-hydrogen) atoms. The summed E-state index contributed by atoms with van der Waals surface area (Å²) in [5.41, 5.74) is 1.15. The van der Waals surface area contributed by atoms with Crippen molar-refractivity contribution < 1.29 is 0 Å². The Labute approximate surface area is 104 Å². The lowest BCUT2D eigenvalue weighted by Gasteiger charge is -2.34. The number of rotatable bonds is 5. The molecule has 1 aliphatic carbocycles. The lowest BCUT2D eigenvalue weighted by atomic mass is 9.82. The Balaban J connectivity index is 1.93. The van der Waals surface area contributed by atoms with E-state index in [0.717, 1.165) is 30.5 Å². The monoisotopic (exact) mass is 233 g/mol. The lowest BCUT2D eigenvalue weighted by Crippen LogP contribution is -2.33. The van der Waals surface area contributed by atoms with Crippen LogP contribution in [0.15, 0.2) is 18.3 Å². The van der Waals surface area contributed by atoms with E-state index in [0.29, 0.717) is 6.04 Å². The third-order valence-electron chi connectivity index (χ3n) is 3.58. The van der Waals surface area contributed by atoms with Crippen LogP contribution in [0.5, 0.6) is 0 Å². The molecule has 0 saturated heterocycles. The van der Waals surface area contributed by atoms with Crippen molar-refractivity contribution in [1.82, 2.24) is 4.98 Å². The number of aromatic nitrogens is 1. The first-order valence-corrected chi connectivity index (χ1v) is 6.70. The van der Waals surface area contributed by atoms with Gasteiger partial charge in [-0.15, -0.1) is 0 Å². The largest absolute Gasteiger partial charge is 0.381 e. The molecule has 2 rings (SSSR count). The van der Waals surface area contributed by atoms with Gasteiger partial charge in [0.1, 0.15) is 5.82 Å². The number of nitrogens with one attached hydrogen (secondary N) is 1. The zero-order chi connectivity index (χ0) is 12.3. The molecule has 1 heterocycles. The van der Waals surface area contributed by atoms with Crippen LogP contribution in [-0.4, -0.2) is 24.1 Å². The molecule has 1 saturated carbocycles. The van der Waals surface area contributed by atoms with Crippen LogP contribution < -0.4 is 10.2 Å². The standard InChI is InChI=1S/C14H23N3/c1-4-17(5-2)14-7-6-12(10-15-14)16-13-8-11(3)9-13/h6-7,10-11,13,16H,4-5,8-9H2,1-3H3. The minimum absolute atomic E-state index is 0.658. The molecule has 1 aliphatic rings. The molecule has 0 aliphatic heterocycles. The van der Waals surface area contributed by atoms with Crippen molar-refractivity contribution >= 4 is 11.5 Å². The Kier molecular flexibility index (Phi) is 3.87. The molecule has 1 N–H and O–H groups in total. The molecule has 0 bridgehead atoms. The van der Waals surface area contributed by atoms with E-state index in [4.69, 9.17) is 0 Å². The van der Waals surface area contributed by atoms with E-state index in [9.17, 15) is 0 Å². The second kappa shape index (κ2) is 5.39. The van der Waals surface area contributed by atoms with Crippen LogP contribution in [0.3, 0.4) is 0 Å². The SMILES string of the molecule is CCN(CC)c1ccc(NC2CC(C)C2)cn1. The summed E-state index contributed by atoms with van der Waals surface area (Å²) >= 11 is 0. The van der Waals surface area contributed by atoms with Crippen molar-refractivity contribution in [3.63, 3.8) is 0 Å². The molecule has 0 unspecified atom stereocenters. The van der Waals surface area contributed by atoms with Gasteiger partial charge in [0.25, 0.3) is 0 Å². The van der Waals surface area contributed by atoms with Crippen LogP contribution >= 0.6 is 0 Å². The van der Waals surface area contributed by atoms with Crippen molar-refractivity contribution in [1.29, 1.82) is 0 Å². The van der Waals surface area contributed by atoms with Gasteiger partial charge in [-0.3, -0.25) is 0 Å². The van der Waals surface area contributed by atoms with Gasteiger partial charge in [0.05, 0.1) is 11.9 Å². The molecule has 0 atom stereocenters. The van der Waals surface area contributed by atoms with Gasteiger partial charge in [-0.25, -0.2) is 4.98 Å². The fraction of sp³-hybridized carbons (Fsp3) is 0.643. The van der Waals surface area contributed by atoms with Gasteiger partial charge >= 0.3 is 0 Å². The van der Waals surface area contributed by atoms with Crippen molar-refractivity contribution in [3.8, 4) is 0 Å². The van der Waals surface area contributed by atoms with Gasteiger partial charge in [0.15, 0.2) is 0 Å². The third-order valence-corrected chi connectivity index (χ3v) is 3.58. The number of pyridine rings is 1. The van der Waals surface area contributed by atoms with E-state index in [2.05, 4.69) is 48.1 Å². The molecule has 0 spiro atoms. The summed E-state index contributed by atoms with van der Waals surface area (Å²) in [7, 11) is 0. The van der Waals surface area contributed by atoms with E-state index in [1.54, 1.807) is 0 Å². The number of nitrogens with zero attached hydrogens (tertiary/aromatic N) is 2. The zero-order valence-corrected chi connectivity index (χ0v) is 11.1. The molecule has 3 heteroatoms. The van der Waals surface area contributed by atoms with Gasteiger partial charge < -0.3 is 10.2 Å². The van der Waals surface area contributed by atoms with Crippen LogP contribution in [0.4, 0.5) is 11.5 Å². The Morgan fingerprint density at radius 3 is 2.47 bits per heavy atom. The number of hydrogen-bond donors (Lipinski definition) is 1. The predicted molar refractivity (Wildman–Crippen MR) is 73.6 cm³/mol. The maximum absolute atomic E-state index is 4.51. The second-order valence-corrected chi connectivity index (χ2v) is 5.00. The average Bonchev–Trinajstić information content (AvgIpc) is 2.31. The first-order chi connectivity index (χ1) is 8.22. The van der Waals surface area contributed by atoms with E-state index >= 15 is 0 Å². The second-order valence-electron chi connectivity index (χ2n) is 5.00. The van der Waals surface area contributed by atoms with Crippen molar-refractivity contribution in [3.05, 3.63) is 18.3 Å². The highest BCUT2D eigenvalue weighted by molar-refractivity contribution is 5.49. The van der Waals surface area contributed by atoms with E-state index in [1.165, 1.54) is 12.8 Å². The summed E-state index contributed by atoms with van der Waals surface area (Å²) in [5.74, 6) is 1.96. The van der Waals surface area contributed by atoms with Crippen LogP contribution in [0.2, 0.25) is 0 Å². The molecule has 1 fully saturated rings. The van der Waals surface area contributed by atoms with Crippen molar-refractivity contribution in [2.45, 2.75) is 39.7 Å². The Bertz CT molecular complexity index is 337. The quantitative estimate of drug-likeness (QED) is 0.847. The fourth-order valence-electron chi connectivity index (χ4n) is 2.46. The molecule has 3 nitrogen and oxygen atoms in total. The minimum atomic E-state index is 0.658. The highest BCUT2D eigenvalue weighted by Gasteiger charge is 2.24.